The van der Waals surface area contributed by atoms with Crippen molar-refractivity contribution in [2.24, 2.45) is 5.92 Å². The summed E-state index contributed by atoms with van der Waals surface area (Å²) in [5, 5.41) is 10.2. The van der Waals surface area contributed by atoms with Gasteiger partial charge >= 0.3 is 0 Å². The van der Waals surface area contributed by atoms with Gasteiger partial charge in [0.2, 0.25) is 0 Å². The van der Waals surface area contributed by atoms with Gasteiger partial charge in [0, 0.05) is 13.2 Å². The van der Waals surface area contributed by atoms with Crippen molar-refractivity contribution in [1.29, 1.82) is 0 Å². The number of hydrogen-bond donors (Lipinski definition) is 1. The van der Waals surface area contributed by atoms with Crippen molar-refractivity contribution in [2.45, 2.75) is 58.2 Å². The van der Waals surface area contributed by atoms with E-state index in [2.05, 4.69) is 6.92 Å². The third-order valence-electron chi connectivity index (χ3n) is 3.64. The highest BCUT2D eigenvalue weighted by Crippen LogP contribution is 2.37. The molecule has 0 radical (unpaired) electrons. The summed E-state index contributed by atoms with van der Waals surface area (Å²) in [7, 11) is 0. The van der Waals surface area contributed by atoms with Crippen molar-refractivity contribution in [2.75, 3.05) is 19.8 Å². The third kappa shape index (κ3) is 3.44. The maximum atomic E-state index is 10.2. The molecule has 0 spiro atoms. The first-order valence-corrected chi connectivity index (χ1v) is 6.54. The van der Waals surface area contributed by atoms with Crippen LogP contribution in [0.2, 0.25) is 0 Å². The number of rotatable bonds is 6. The fraction of sp³-hybridized carbons (Fsp3) is 1.00. The zero-order valence-corrected chi connectivity index (χ0v) is 10.9. The van der Waals surface area contributed by atoms with Crippen molar-refractivity contribution >= 4 is 0 Å². The van der Waals surface area contributed by atoms with Crippen molar-refractivity contribution < 1.29 is 14.6 Å². The van der Waals surface area contributed by atoms with Gasteiger partial charge in [0.15, 0.2) is 0 Å². The Bertz CT molecular complexity index is 186. The first-order valence-electron chi connectivity index (χ1n) is 6.54. The van der Waals surface area contributed by atoms with Gasteiger partial charge in [0.25, 0.3) is 0 Å². The largest absolute Gasteiger partial charge is 0.388 e. The fourth-order valence-corrected chi connectivity index (χ4v) is 2.49. The summed E-state index contributed by atoms with van der Waals surface area (Å²) in [5.41, 5.74) is -0.351. The van der Waals surface area contributed by atoms with Gasteiger partial charge in [-0.25, -0.2) is 0 Å². The van der Waals surface area contributed by atoms with Gasteiger partial charge in [0.1, 0.15) is 6.10 Å². The fourth-order valence-electron chi connectivity index (χ4n) is 2.49. The third-order valence-corrected chi connectivity index (χ3v) is 3.64. The van der Waals surface area contributed by atoms with Crippen LogP contribution < -0.4 is 0 Å². The lowest BCUT2D eigenvalue weighted by Crippen LogP contribution is -2.49. The summed E-state index contributed by atoms with van der Waals surface area (Å²) in [5.74, 6) is 0.757. The van der Waals surface area contributed by atoms with Gasteiger partial charge < -0.3 is 14.6 Å². The predicted molar refractivity (Wildman–Crippen MR) is 64.5 cm³/mol. The summed E-state index contributed by atoms with van der Waals surface area (Å²) in [6.45, 7) is 7.92. The van der Waals surface area contributed by atoms with Gasteiger partial charge in [-0.1, -0.05) is 6.92 Å². The molecule has 0 aromatic heterocycles. The van der Waals surface area contributed by atoms with E-state index in [0.717, 1.165) is 31.6 Å². The van der Waals surface area contributed by atoms with Crippen LogP contribution in [0.5, 0.6) is 0 Å². The molecule has 1 rings (SSSR count). The highest BCUT2D eigenvalue weighted by atomic mass is 16.5. The van der Waals surface area contributed by atoms with Crippen LogP contribution in [-0.2, 0) is 9.47 Å². The summed E-state index contributed by atoms with van der Waals surface area (Å²) >= 11 is 0. The van der Waals surface area contributed by atoms with Gasteiger partial charge in [-0.3, -0.25) is 0 Å². The molecule has 1 fully saturated rings. The van der Waals surface area contributed by atoms with E-state index in [9.17, 15) is 5.11 Å². The molecule has 0 aromatic rings. The normalized spacial score (nSPS) is 32.6. The molecule has 1 aliphatic carbocycles. The minimum absolute atomic E-state index is 0.351. The topological polar surface area (TPSA) is 38.7 Å². The molecule has 1 aliphatic rings. The van der Waals surface area contributed by atoms with E-state index in [1.807, 2.05) is 13.8 Å². The molecule has 0 heterocycles. The summed E-state index contributed by atoms with van der Waals surface area (Å²) in [4.78, 5) is 0. The second-order valence-corrected chi connectivity index (χ2v) is 4.86. The highest BCUT2D eigenvalue weighted by molar-refractivity contribution is 4.92. The van der Waals surface area contributed by atoms with Crippen LogP contribution >= 0.6 is 0 Å². The monoisotopic (exact) mass is 230 g/mol. The van der Waals surface area contributed by atoms with Crippen molar-refractivity contribution in [3.63, 3.8) is 0 Å². The minimum Gasteiger partial charge on any atom is -0.388 e. The molecule has 1 saturated carbocycles. The van der Waals surface area contributed by atoms with Crippen LogP contribution in [0.15, 0.2) is 0 Å². The molecule has 0 aromatic carbocycles. The number of ether oxygens (including phenoxy) is 2. The highest BCUT2D eigenvalue weighted by Gasteiger charge is 2.41. The molecule has 3 heteroatoms. The molecule has 96 valence electrons. The first-order chi connectivity index (χ1) is 7.64. The Hall–Kier alpha value is -0.120. The predicted octanol–water partition coefficient (Wildman–Crippen LogP) is 2.37. The van der Waals surface area contributed by atoms with Crippen LogP contribution in [0.1, 0.15) is 46.5 Å². The number of aliphatic hydroxyl groups is 1. The van der Waals surface area contributed by atoms with Crippen LogP contribution in [0.25, 0.3) is 0 Å². The van der Waals surface area contributed by atoms with Gasteiger partial charge in [-0.2, -0.15) is 0 Å². The lowest BCUT2D eigenvalue weighted by molar-refractivity contribution is -0.161. The quantitative estimate of drug-likeness (QED) is 0.761. The average Bonchev–Trinajstić information content (AvgIpc) is 2.29. The molecular formula is C13H26O3. The standard InChI is InChI=1S/C13H26O3/c1-4-15-10-12(14)13(16-5-2)8-6-11(3)7-9-13/h11-12,14H,4-10H2,1-3H3. The van der Waals surface area contributed by atoms with Crippen LogP contribution in [0.3, 0.4) is 0 Å². The maximum absolute atomic E-state index is 10.2. The SMILES string of the molecule is CCOCC(O)C1(OCC)CCC(C)CC1. The Morgan fingerprint density at radius 3 is 2.38 bits per heavy atom. The Morgan fingerprint density at radius 1 is 1.25 bits per heavy atom. The van der Waals surface area contributed by atoms with Crippen LogP contribution in [0, 0.1) is 5.92 Å². The van der Waals surface area contributed by atoms with Crippen molar-refractivity contribution in [3.8, 4) is 0 Å². The first kappa shape index (κ1) is 13.9. The van der Waals surface area contributed by atoms with Crippen LogP contribution in [0.4, 0.5) is 0 Å². The molecule has 0 aliphatic heterocycles. The molecular weight excluding hydrogens is 204 g/mol. The Labute approximate surface area is 99.1 Å². The molecule has 16 heavy (non-hydrogen) atoms. The molecule has 3 nitrogen and oxygen atoms in total. The van der Waals surface area contributed by atoms with E-state index in [0.29, 0.717) is 19.8 Å². The average molecular weight is 230 g/mol. The van der Waals surface area contributed by atoms with E-state index in [1.54, 1.807) is 0 Å². The van der Waals surface area contributed by atoms with Gasteiger partial charge in [0.05, 0.1) is 12.2 Å². The maximum Gasteiger partial charge on any atom is 0.106 e. The molecule has 1 unspecified atom stereocenters. The smallest absolute Gasteiger partial charge is 0.106 e. The van der Waals surface area contributed by atoms with Gasteiger partial charge in [-0.15, -0.1) is 0 Å². The molecule has 1 atom stereocenters. The van der Waals surface area contributed by atoms with Crippen molar-refractivity contribution in [1.82, 2.24) is 0 Å². The van der Waals surface area contributed by atoms with E-state index >= 15 is 0 Å². The Kier molecular flexibility index (Phi) is 5.73. The summed E-state index contributed by atoms with van der Waals surface area (Å²) in [6.07, 6.45) is 3.71. The lowest BCUT2D eigenvalue weighted by atomic mass is 9.76. The summed E-state index contributed by atoms with van der Waals surface area (Å²) < 4.78 is 11.2. The van der Waals surface area contributed by atoms with E-state index in [-0.39, 0.29) is 5.60 Å². The molecule has 1 N–H and O–H groups in total. The van der Waals surface area contributed by atoms with Gasteiger partial charge in [-0.05, 0) is 45.4 Å². The number of hydrogen-bond acceptors (Lipinski definition) is 3. The summed E-state index contributed by atoms with van der Waals surface area (Å²) in [6, 6.07) is 0. The zero-order chi connectivity index (χ0) is 12.0. The molecule has 0 amide bonds. The van der Waals surface area contributed by atoms with E-state index in [4.69, 9.17) is 9.47 Å². The Morgan fingerprint density at radius 2 is 1.88 bits per heavy atom. The number of aliphatic hydroxyl groups excluding tert-OH is 1. The van der Waals surface area contributed by atoms with E-state index in [1.165, 1.54) is 0 Å². The molecule has 0 saturated heterocycles. The van der Waals surface area contributed by atoms with E-state index < -0.39 is 6.10 Å². The van der Waals surface area contributed by atoms with Crippen molar-refractivity contribution in [3.05, 3.63) is 0 Å². The lowest BCUT2D eigenvalue weighted by Gasteiger charge is -2.42. The molecule has 0 bridgehead atoms. The Balaban J connectivity index is 2.57. The second kappa shape index (κ2) is 6.58. The zero-order valence-electron chi connectivity index (χ0n) is 10.9. The van der Waals surface area contributed by atoms with Crippen LogP contribution in [-0.4, -0.2) is 36.6 Å². The minimum atomic E-state index is -0.486. The second-order valence-electron chi connectivity index (χ2n) is 4.86.